The van der Waals surface area contributed by atoms with Crippen molar-refractivity contribution in [3.63, 3.8) is 0 Å². The van der Waals surface area contributed by atoms with Crippen LogP contribution in [0.1, 0.15) is 6.92 Å². The van der Waals surface area contributed by atoms with Gasteiger partial charge < -0.3 is 5.73 Å². The van der Waals surface area contributed by atoms with Crippen molar-refractivity contribution in [3.8, 4) is 0 Å². The van der Waals surface area contributed by atoms with Crippen LogP contribution in [0.25, 0.3) is 0 Å². The van der Waals surface area contributed by atoms with Gasteiger partial charge in [0.05, 0.1) is 16.6 Å². The van der Waals surface area contributed by atoms with Gasteiger partial charge in [-0.3, -0.25) is 4.79 Å². The van der Waals surface area contributed by atoms with Gasteiger partial charge in [-0.1, -0.05) is 18.2 Å². The summed E-state index contributed by atoms with van der Waals surface area (Å²) in [6.07, 6.45) is 0. The number of nitrogens with two attached hydrogens (primary N) is 1. The summed E-state index contributed by atoms with van der Waals surface area (Å²) in [5.41, 5.74) is 6.66. The fourth-order valence-electron chi connectivity index (χ4n) is 2.59. The van der Waals surface area contributed by atoms with E-state index >= 15 is 0 Å². The lowest BCUT2D eigenvalue weighted by Crippen LogP contribution is -2.38. The van der Waals surface area contributed by atoms with E-state index in [9.17, 15) is 13.2 Å². The van der Waals surface area contributed by atoms with Crippen molar-refractivity contribution in [1.82, 2.24) is 5.01 Å². The average Bonchev–Trinajstić information content (AvgIpc) is 2.79. The number of nitrogen functional groups attached to an aromatic ring is 1. The van der Waals surface area contributed by atoms with Crippen molar-refractivity contribution in [2.24, 2.45) is 4.40 Å². The number of rotatable bonds is 3. The first-order valence-corrected chi connectivity index (χ1v) is 9.08. The van der Waals surface area contributed by atoms with E-state index in [1.165, 1.54) is 29.3 Å². The zero-order valence-corrected chi connectivity index (χ0v) is 14.6. The van der Waals surface area contributed by atoms with Crippen LogP contribution in [0.15, 0.2) is 63.9 Å². The summed E-state index contributed by atoms with van der Waals surface area (Å²) in [5, 5.41) is 3.08. The second-order valence-corrected chi connectivity index (χ2v) is 7.33. The fraction of sp³-hybridized carbons (Fsp3) is 0.176. The third-order valence-electron chi connectivity index (χ3n) is 4.08. The second kappa shape index (κ2) is 6.30. The third kappa shape index (κ3) is 3.13. The highest BCUT2D eigenvalue weighted by Gasteiger charge is 2.41. The van der Waals surface area contributed by atoms with Crippen LogP contribution in [0.4, 0.5) is 11.4 Å². The largest absolute Gasteiger partial charge is 0.399 e. The van der Waals surface area contributed by atoms with Crippen LogP contribution in [0.3, 0.4) is 0 Å². The molecule has 7 nitrogen and oxygen atoms in total. The molecule has 3 rings (SSSR count). The van der Waals surface area contributed by atoms with E-state index in [-0.39, 0.29) is 10.6 Å². The smallest absolute Gasteiger partial charge is 0.289 e. The van der Waals surface area contributed by atoms with Gasteiger partial charge in [-0.15, -0.1) is 0 Å². The van der Waals surface area contributed by atoms with E-state index in [0.29, 0.717) is 11.4 Å². The van der Waals surface area contributed by atoms with Gasteiger partial charge in [0.25, 0.3) is 15.9 Å². The van der Waals surface area contributed by atoms with Gasteiger partial charge >= 0.3 is 0 Å². The highest BCUT2D eigenvalue weighted by Crippen LogP contribution is 2.25. The molecule has 0 aliphatic carbocycles. The number of carbonyl (C=O) groups excluding carboxylic acids is 1. The van der Waals surface area contributed by atoms with Crippen molar-refractivity contribution in [3.05, 3.63) is 54.6 Å². The van der Waals surface area contributed by atoms with Crippen LogP contribution in [0.5, 0.6) is 0 Å². The summed E-state index contributed by atoms with van der Waals surface area (Å²) in [4.78, 5) is 12.8. The Morgan fingerprint density at radius 2 is 1.64 bits per heavy atom. The number of amides is 1. The van der Waals surface area contributed by atoms with E-state index < -0.39 is 22.0 Å². The fourth-order valence-corrected chi connectivity index (χ4v) is 3.66. The van der Waals surface area contributed by atoms with Gasteiger partial charge in [0.2, 0.25) is 0 Å². The number of hydrazine groups is 1. The highest BCUT2D eigenvalue weighted by atomic mass is 32.2. The van der Waals surface area contributed by atoms with Gasteiger partial charge in [0, 0.05) is 12.7 Å². The number of sulfonamides is 1. The number of carbonyl (C=O) groups is 1. The van der Waals surface area contributed by atoms with Crippen LogP contribution < -0.4 is 10.7 Å². The van der Waals surface area contributed by atoms with E-state index in [2.05, 4.69) is 4.40 Å². The molecule has 1 saturated heterocycles. The van der Waals surface area contributed by atoms with Crippen LogP contribution >= 0.6 is 0 Å². The summed E-state index contributed by atoms with van der Waals surface area (Å²) in [5.74, 6) is -0.458. The predicted octanol–water partition coefficient (Wildman–Crippen LogP) is 1.68. The lowest BCUT2D eigenvalue weighted by atomic mass is 10.2. The predicted molar refractivity (Wildman–Crippen MR) is 96.6 cm³/mol. The molecular weight excluding hydrogens is 340 g/mol. The normalized spacial score (nSPS) is 20.4. The molecule has 0 aromatic heterocycles. The molecule has 1 aliphatic heterocycles. The molecule has 1 fully saturated rings. The Morgan fingerprint density at radius 3 is 2.24 bits per heavy atom. The Hall–Kier alpha value is -2.71. The molecular formula is C17H18N4O3S. The van der Waals surface area contributed by atoms with Crippen molar-refractivity contribution >= 4 is 33.0 Å². The lowest BCUT2D eigenvalue weighted by Gasteiger charge is -2.25. The standard InChI is InChI=1S/C17H18N4O3S/c1-12-16(19-25(23,24)15-10-8-13(18)9-11-15)17(22)21(20(12)2)14-6-4-3-5-7-14/h3-12H,18H2,1-2H3. The van der Waals surface area contributed by atoms with Crippen molar-refractivity contribution < 1.29 is 13.2 Å². The second-order valence-electron chi connectivity index (χ2n) is 5.72. The zero-order valence-electron chi connectivity index (χ0n) is 13.8. The zero-order chi connectivity index (χ0) is 18.2. The molecule has 2 N–H and O–H groups in total. The third-order valence-corrected chi connectivity index (χ3v) is 5.39. The Bertz CT molecular complexity index is 924. The molecule has 0 saturated carbocycles. The molecule has 130 valence electrons. The van der Waals surface area contributed by atoms with Gasteiger partial charge in [0.15, 0.2) is 0 Å². The van der Waals surface area contributed by atoms with E-state index in [0.717, 1.165) is 0 Å². The minimum absolute atomic E-state index is 0.00462. The van der Waals surface area contributed by atoms with E-state index in [1.54, 1.807) is 43.2 Å². The lowest BCUT2D eigenvalue weighted by molar-refractivity contribution is -0.113. The van der Waals surface area contributed by atoms with Crippen LogP contribution in [-0.4, -0.2) is 38.1 Å². The SMILES string of the molecule is CC1C(=NS(=O)(=O)c2ccc(N)cc2)C(=O)N(c2ccccc2)N1C. The van der Waals surface area contributed by atoms with Crippen molar-refractivity contribution in [2.45, 2.75) is 17.9 Å². The number of hydrogen-bond donors (Lipinski definition) is 1. The molecule has 0 bridgehead atoms. The van der Waals surface area contributed by atoms with Gasteiger partial charge in [-0.25, -0.2) is 10.0 Å². The maximum atomic E-state index is 12.8. The molecule has 2 aromatic carbocycles. The number of nitrogens with zero attached hydrogens (tertiary/aromatic N) is 3. The van der Waals surface area contributed by atoms with Crippen molar-refractivity contribution in [1.29, 1.82) is 0 Å². The molecule has 1 aliphatic rings. The van der Waals surface area contributed by atoms with Crippen molar-refractivity contribution in [2.75, 3.05) is 17.8 Å². The maximum Gasteiger partial charge on any atom is 0.289 e. The minimum atomic E-state index is -4.00. The summed E-state index contributed by atoms with van der Waals surface area (Å²) in [6, 6.07) is 14.2. The molecule has 0 spiro atoms. The first-order chi connectivity index (χ1) is 11.8. The topological polar surface area (TPSA) is 96.1 Å². The number of anilines is 2. The monoisotopic (exact) mass is 358 g/mol. The molecule has 2 aromatic rings. The average molecular weight is 358 g/mol. The highest BCUT2D eigenvalue weighted by molar-refractivity contribution is 7.90. The summed E-state index contributed by atoms with van der Waals surface area (Å²) in [6.45, 7) is 1.73. The van der Waals surface area contributed by atoms with Gasteiger partial charge in [-0.2, -0.15) is 12.8 Å². The molecule has 1 heterocycles. The van der Waals surface area contributed by atoms with Crippen LogP contribution in [-0.2, 0) is 14.8 Å². The van der Waals surface area contributed by atoms with E-state index in [1.807, 2.05) is 6.07 Å². The molecule has 0 radical (unpaired) electrons. The first kappa shape index (κ1) is 17.1. The minimum Gasteiger partial charge on any atom is -0.399 e. The molecule has 8 heteroatoms. The van der Waals surface area contributed by atoms with E-state index in [4.69, 9.17) is 5.73 Å². The quantitative estimate of drug-likeness (QED) is 0.842. The summed E-state index contributed by atoms with van der Waals surface area (Å²) < 4.78 is 28.9. The Labute approximate surface area is 146 Å². The maximum absolute atomic E-state index is 12.8. The summed E-state index contributed by atoms with van der Waals surface area (Å²) >= 11 is 0. The van der Waals surface area contributed by atoms with Crippen LogP contribution in [0.2, 0.25) is 0 Å². The molecule has 1 atom stereocenters. The Balaban J connectivity index is 2.00. The molecule has 1 amide bonds. The van der Waals surface area contributed by atoms with Gasteiger partial charge in [-0.05, 0) is 43.3 Å². The number of para-hydroxylation sites is 1. The summed E-state index contributed by atoms with van der Waals surface area (Å²) in [7, 11) is -2.28. The molecule has 25 heavy (non-hydrogen) atoms. The molecule has 1 unspecified atom stereocenters. The first-order valence-electron chi connectivity index (χ1n) is 7.64. The number of hydrogen-bond acceptors (Lipinski definition) is 5. The van der Waals surface area contributed by atoms with Gasteiger partial charge in [0.1, 0.15) is 5.71 Å². The van der Waals surface area contributed by atoms with Crippen LogP contribution in [0, 0.1) is 0 Å². The number of benzene rings is 2. The Morgan fingerprint density at radius 1 is 1.04 bits per heavy atom. The Kier molecular flexibility index (Phi) is 4.32.